The fourth-order valence-corrected chi connectivity index (χ4v) is 8.26. The summed E-state index contributed by atoms with van der Waals surface area (Å²) in [5.41, 5.74) is -1.11. The molecular formula is C30H40O6. The van der Waals surface area contributed by atoms with Crippen LogP contribution in [0.2, 0.25) is 0 Å². The topological polar surface area (TPSA) is 107 Å². The van der Waals surface area contributed by atoms with E-state index >= 15 is 0 Å². The van der Waals surface area contributed by atoms with E-state index in [1.807, 2.05) is 39.0 Å². The summed E-state index contributed by atoms with van der Waals surface area (Å²) in [6, 6.07) is 7.25. The van der Waals surface area contributed by atoms with Crippen LogP contribution in [0.25, 0.3) is 0 Å². The fourth-order valence-electron chi connectivity index (χ4n) is 8.26. The first-order chi connectivity index (χ1) is 16.8. The van der Waals surface area contributed by atoms with Crippen molar-refractivity contribution in [2.24, 2.45) is 34.5 Å². The molecule has 0 aromatic heterocycles. The highest BCUT2D eigenvalue weighted by molar-refractivity contribution is 5.91. The molecule has 36 heavy (non-hydrogen) atoms. The van der Waals surface area contributed by atoms with E-state index in [-0.39, 0.29) is 34.7 Å². The maximum atomic E-state index is 13.5. The Morgan fingerprint density at radius 3 is 2.50 bits per heavy atom. The summed E-state index contributed by atoms with van der Waals surface area (Å²) in [7, 11) is 0. The second-order valence-corrected chi connectivity index (χ2v) is 12.6. The van der Waals surface area contributed by atoms with E-state index in [9.17, 15) is 25.2 Å². The fraction of sp³-hybridized carbons (Fsp3) is 0.633. The maximum absolute atomic E-state index is 13.5. The normalized spacial score (nSPS) is 42.5. The Hall–Kier alpha value is -1.99. The molecule has 2 bridgehead atoms. The molecule has 0 aliphatic heterocycles. The van der Waals surface area contributed by atoms with E-state index < -0.39 is 41.9 Å². The lowest BCUT2D eigenvalue weighted by Crippen LogP contribution is -2.66. The van der Waals surface area contributed by atoms with Gasteiger partial charge in [0.25, 0.3) is 0 Å². The van der Waals surface area contributed by atoms with Crippen LogP contribution in [0, 0.1) is 34.5 Å². The molecule has 6 nitrogen and oxygen atoms in total. The third-order valence-electron chi connectivity index (χ3n) is 10.2. The van der Waals surface area contributed by atoms with Crippen molar-refractivity contribution in [3.63, 3.8) is 0 Å². The zero-order chi connectivity index (χ0) is 26.4. The van der Waals surface area contributed by atoms with E-state index in [1.54, 1.807) is 25.1 Å². The van der Waals surface area contributed by atoms with Crippen LogP contribution in [0.5, 0.6) is 0 Å². The molecule has 0 heterocycles. The highest BCUT2D eigenvalue weighted by atomic mass is 16.6. The minimum Gasteiger partial charge on any atom is -0.451 e. The number of hydrogen-bond acceptors (Lipinski definition) is 6. The number of fused-ring (bicyclic) bond motifs is 3. The van der Waals surface area contributed by atoms with E-state index in [0.29, 0.717) is 17.1 Å². The molecule has 2 saturated carbocycles. The monoisotopic (exact) mass is 496 g/mol. The van der Waals surface area contributed by atoms with E-state index in [0.717, 1.165) is 12.0 Å². The molecule has 1 aromatic carbocycles. The zero-order valence-electron chi connectivity index (χ0n) is 22.1. The second kappa shape index (κ2) is 8.26. The van der Waals surface area contributed by atoms with Crippen LogP contribution in [0.4, 0.5) is 0 Å². The van der Waals surface area contributed by atoms with E-state index in [1.165, 1.54) is 0 Å². The van der Waals surface area contributed by atoms with E-state index in [2.05, 4.69) is 13.8 Å². The van der Waals surface area contributed by atoms with E-state index in [4.69, 9.17) is 4.74 Å². The summed E-state index contributed by atoms with van der Waals surface area (Å²) in [5.74, 6) is -0.477. The number of esters is 1. The first-order valence-electron chi connectivity index (χ1n) is 13.2. The van der Waals surface area contributed by atoms with Gasteiger partial charge >= 0.3 is 5.97 Å². The van der Waals surface area contributed by atoms with Gasteiger partial charge in [-0.15, -0.1) is 0 Å². The average molecular weight is 497 g/mol. The molecule has 1 aromatic rings. The number of aliphatic hydroxyl groups is 4. The van der Waals surface area contributed by atoms with Gasteiger partial charge in [0, 0.05) is 5.92 Å². The summed E-state index contributed by atoms with van der Waals surface area (Å²) in [6.07, 6.45) is 0.742. The van der Waals surface area contributed by atoms with Crippen molar-refractivity contribution >= 4 is 5.97 Å². The van der Waals surface area contributed by atoms with Crippen molar-refractivity contribution in [1.82, 2.24) is 0 Å². The summed E-state index contributed by atoms with van der Waals surface area (Å²) >= 11 is 0. The predicted octanol–water partition coefficient (Wildman–Crippen LogP) is 3.60. The lowest BCUT2D eigenvalue weighted by Gasteiger charge is -2.52. The SMILES string of the molecule is CC1=CC23C(C)CC4C(C(C=C(CO)C(O)C2(O)C1OC(=O)c1ccccc1C(C)C)C3O)C4(C)C. The smallest absolute Gasteiger partial charge is 0.339 e. The van der Waals surface area contributed by atoms with Crippen molar-refractivity contribution in [3.05, 3.63) is 58.7 Å². The van der Waals surface area contributed by atoms with Crippen molar-refractivity contribution in [3.8, 4) is 0 Å². The Morgan fingerprint density at radius 1 is 1.19 bits per heavy atom. The molecule has 4 aliphatic carbocycles. The molecule has 0 radical (unpaired) electrons. The zero-order valence-corrected chi connectivity index (χ0v) is 22.1. The van der Waals surface area contributed by atoms with Gasteiger partial charge in [0.2, 0.25) is 0 Å². The molecule has 0 amide bonds. The van der Waals surface area contributed by atoms with Gasteiger partial charge in [0.05, 0.1) is 23.7 Å². The Kier molecular flexibility index (Phi) is 5.88. The average Bonchev–Trinajstić information content (AvgIpc) is 3.32. The van der Waals surface area contributed by atoms with Crippen molar-refractivity contribution in [1.29, 1.82) is 0 Å². The van der Waals surface area contributed by atoms with Gasteiger partial charge in [0.1, 0.15) is 11.7 Å². The van der Waals surface area contributed by atoms with Crippen molar-refractivity contribution in [2.45, 2.75) is 77.8 Å². The summed E-state index contributed by atoms with van der Waals surface area (Å²) in [4.78, 5) is 13.5. The van der Waals surface area contributed by atoms with Crippen LogP contribution in [-0.4, -0.2) is 56.9 Å². The number of carbonyl (C=O) groups is 1. The summed E-state index contributed by atoms with van der Waals surface area (Å²) in [6.45, 7) is 11.7. The van der Waals surface area contributed by atoms with Crippen LogP contribution >= 0.6 is 0 Å². The number of benzene rings is 1. The van der Waals surface area contributed by atoms with Crippen molar-refractivity contribution in [2.75, 3.05) is 6.61 Å². The summed E-state index contributed by atoms with van der Waals surface area (Å²) < 4.78 is 6.06. The highest BCUT2D eigenvalue weighted by Gasteiger charge is 2.76. The first-order valence-corrected chi connectivity index (χ1v) is 13.2. The van der Waals surface area contributed by atoms with Crippen molar-refractivity contribution < 1.29 is 30.0 Å². The lowest BCUT2D eigenvalue weighted by atomic mass is 9.58. The standard InChI is InChI=1S/C30H40O6/c1-15(2)19-9-7-8-10-20(19)27(34)36-26-16(3)13-29-17(4)11-22-23(28(22,5)6)21(25(29)33)12-18(14-31)24(32)30(26,29)35/h7-10,12-13,15,17,21-26,31-33,35H,11,14H2,1-6H3. The van der Waals surface area contributed by atoms with Gasteiger partial charge in [-0.25, -0.2) is 4.79 Å². The van der Waals surface area contributed by atoms with Crippen LogP contribution in [0.15, 0.2) is 47.6 Å². The van der Waals surface area contributed by atoms with Gasteiger partial charge in [-0.3, -0.25) is 0 Å². The second-order valence-electron chi connectivity index (χ2n) is 12.6. The van der Waals surface area contributed by atoms with Crippen LogP contribution < -0.4 is 0 Å². The Balaban J connectivity index is 1.62. The third-order valence-corrected chi connectivity index (χ3v) is 10.2. The summed E-state index contributed by atoms with van der Waals surface area (Å²) in [5, 5.41) is 46.5. The number of aliphatic hydroxyl groups excluding tert-OH is 3. The number of rotatable bonds is 4. The molecule has 6 heteroatoms. The van der Waals surface area contributed by atoms with Crippen LogP contribution in [0.3, 0.4) is 0 Å². The van der Waals surface area contributed by atoms with Crippen LogP contribution in [0.1, 0.15) is 69.8 Å². The first kappa shape index (κ1) is 25.7. The molecule has 4 N–H and O–H groups in total. The third kappa shape index (κ3) is 3.14. The quantitative estimate of drug-likeness (QED) is 0.375. The van der Waals surface area contributed by atoms with Gasteiger partial charge in [-0.05, 0) is 65.2 Å². The molecule has 4 aliphatic rings. The molecule has 0 saturated heterocycles. The minimum atomic E-state index is -2.03. The number of carbonyl (C=O) groups excluding carboxylic acids is 1. The largest absolute Gasteiger partial charge is 0.451 e. The molecule has 9 atom stereocenters. The highest BCUT2D eigenvalue weighted by Crippen LogP contribution is 2.72. The maximum Gasteiger partial charge on any atom is 0.339 e. The molecule has 5 rings (SSSR count). The Labute approximate surface area is 213 Å². The lowest BCUT2D eigenvalue weighted by molar-refractivity contribution is -0.215. The van der Waals surface area contributed by atoms with Gasteiger partial charge < -0.3 is 25.2 Å². The molecule has 2 fully saturated rings. The van der Waals surface area contributed by atoms with Gasteiger partial charge in [-0.1, -0.05) is 65.0 Å². The molecular weight excluding hydrogens is 456 g/mol. The predicted molar refractivity (Wildman–Crippen MR) is 136 cm³/mol. The Morgan fingerprint density at radius 2 is 1.86 bits per heavy atom. The Bertz CT molecular complexity index is 1130. The van der Waals surface area contributed by atoms with Gasteiger partial charge in [-0.2, -0.15) is 0 Å². The molecule has 1 spiro atoms. The van der Waals surface area contributed by atoms with Crippen LogP contribution in [-0.2, 0) is 4.74 Å². The van der Waals surface area contributed by atoms with Gasteiger partial charge in [0.15, 0.2) is 6.10 Å². The molecule has 9 unspecified atom stereocenters. The number of ether oxygens (including phenoxy) is 1. The molecule has 196 valence electrons. The number of hydrogen-bond donors (Lipinski definition) is 4. The minimum absolute atomic E-state index is 0.0236.